The predicted molar refractivity (Wildman–Crippen MR) is 67.3 cm³/mol. The van der Waals surface area contributed by atoms with E-state index in [-0.39, 0.29) is 17.3 Å². The maximum absolute atomic E-state index is 9.18. The van der Waals surface area contributed by atoms with Gasteiger partial charge in [-0.3, -0.25) is 10.7 Å². The molecule has 0 atom stereocenters. The summed E-state index contributed by atoms with van der Waals surface area (Å²) < 4.78 is 0. The number of amidine groups is 1. The Morgan fingerprint density at radius 2 is 1.33 bits per heavy atom. The number of rotatable bonds is 2. The Morgan fingerprint density at radius 3 is 1.83 bits per heavy atom. The quantitative estimate of drug-likeness (QED) is 0.370. The van der Waals surface area contributed by atoms with Crippen molar-refractivity contribution in [2.75, 3.05) is 0 Å². The van der Waals surface area contributed by atoms with Crippen molar-refractivity contribution in [3.63, 3.8) is 0 Å². The van der Waals surface area contributed by atoms with Crippen LogP contribution >= 0.6 is 0 Å². The number of hydroxylamine groups is 1. The number of nitrogens with one attached hydrogen (secondary N) is 1. The van der Waals surface area contributed by atoms with Crippen molar-refractivity contribution < 1.29 is 15.4 Å². The third kappa shape index (κ3) is 2.78. The smallest absolute Gasteiger partial charge is 0.157 e. The van der Waals surface area contributed by atoms with E-state index in [2.05, 4.69) is 4.99 Å². The highest BCUT2D eigenvalue weighted by Crippen LogP contribution is 2.18. The minimum atomic E-state index is 0.140. The second-order valence-electron chi connectivity index (χ2n) is 3.64. The van der Waals surface area contributed by atoms with Gasteiger partial charge in [-0.15, -0.1) is 0 Å². The number of phenols is 2. The third-order valence-electron chi connectivity index (χ3n) is 2.34. The zero-order valence-electron chi connectivity index (χ0n) is 9.41. The van der Waals surface area contributed by atoms with Crippen LogP contribution in [0.2, 0.25) is 0 Å². The first-order chi connectivity index (χ1) is 8.69. The molecule has 0 aliphatic rings. The molecule has 0 radical (unpaired) electrons. The summed E-state index contributed by atoms with van der Waals surface area (Å²) in [6, 6.07) is 12.5. The number of nitrogens with zero attached hydrogens (tertiary/aromatic N) is 1. The van der Waals surface area contributed by atoms with Crippen molar-refractivity contribution in [3.8, 4) is 11.5 Å². The van der Waals surface area contributed by atoms with Gasteiger partial charge in [0.1, 0.15) is 11.5 Å². The lowest BCUT2D eigenvalue weighted by atomic mass is 10.2. The van der Waals surface area contributed by atoms with Gasteiger partial charge in [-0.2, -0.15) is 0 Å². The number of aromatic hydroxyl groups is 2. The number of phenolic OH excluding ortho intramolecular Hbond substituents is 2. The summed E-state index contributed by atoms with van der Waals surface area (Å²) in [6.07, 6.45) is 0. The molecule has 0 amide bonds. The van der Waals surface area contributed by atoms with E-state index >= 15 is 0 Å². The minimum Gasteiger partial charge on any atom is -0.508 e. The van der Waals surface area contributed by atoms with Gasteiger partial charge >= 0.3 is 0 Å². The van der Waals surface area contributed by atoms with E-state index in [9.17, 15) is 5.11 Å². The zero-order chi connectivity index (χ0) is 13.0. The molecule has 0 unspecified atom stereocenters. The highest BCUT2D eigenvalue weighted by molar-refractivity contribution is 5.99. The van der Waals surface area contributed by atoms with Crippen LogP contribution in [0, 0.1) is 0 Å². The summed E-state index contributed by atoms with van der Waals surface area (Å²) in [5.74, 6) is 0.540. The third-order valence-corrected chi connectivity index (χ3v) is 2.34. The summed E-state index contributed by atoms with van der Waals surface area (Å²) >= 11 is 0. The molecule has 0 aliphatic carbocycles. The van der Waals surface area contributed by atoms with E-state index in [0.29, 0.717) is 11.3 Å². The summed E-state index contributed by atoms with van der Waals surface area (Å²) in [5, 5.41) is 27.4. The zero-order valence-corrected chi connectivity index (χ0v) is 9.41. The lowest BCUT2D eigenvalue weighted by Gasteiger charge is -2.05. The molecule has 0 bridgehead atoms. The SMILES string of the molecule is ONC(=Nc1ccc(O)cc1)c1ccc(O)cc1. The van der Waals surface area contributed by atoms with E-state index in [4.69, 9.17) is 10.3 Å². The molecule has 0 saturated heterocycles. The van der Waals surface area contributed by atoms with Crippen LogP contribution in [-0.2, 0) is 0 Å². The van der Waals surface area contributed by atoms with Crippen LogP contribution in [0.5, 0.6) is 11.5 Å². The highest BCUT2D eigenvalue weighted by Gasteiger charge is 2.02. The molecule has 0 fully saturated rings. The van der Waals surface area contributed by atoms with Crippen LogP contribution in [-0.4, -0.2) is 21.3 Å². The fraction of sp³-hybridized carbons (Fsp3) is 0. The molecule has 92 valence electrons. The maximum Gasteiger partial charge on any atom is 0.157 e. The van der Waals surface area contributed by atoms with E-state index in [1.54, 1.807) is 24.3 Å². The largest absolute Gasteiger partial charge is 0.508 e. The van der Waals surface area contributed by atoms with Gasteiger partial charge in [0.25, 0.3) is 0 Å². The predicted octanol–water partition coefficient (Wildman–Crippen LogP) is 2.15. The fourth-order valence-corrected chi connectivity index (χ4v) is 1.43. The molecule has 5 heteroatoms. The van der Waals surface area contributed by atoms with Crippen molar-refractivity contribution in [2.24, 2.45) is 4.99 Å². The average molecular weight is 244 g/mol. The van der Waals surface area contributed by atoms with Gasteiger partial charge in [0, 0.05) is 5.56 Å². The first-order valence-corrected chi connectivity index (χ1v) is 5.26. The minimum absolute atomic E-state index is 0.140. The summed E-state index contributed by atoms with van der Waals surface area (Å²) in [5.41, 5.74) is 3.22. The molecular formula is C13H12N2O3. The summed E-state index contributed by atoms with van der Waals surface area (Å²) in [4.78, 5) is 4.18. The standard InChI is InChI=1S/C13H12N2O3/c16-11-5-1-9(2-6-11)13(15-18)14-10-3-7-12(17)8-4-10/h1-8,16-18H,(H,14,15). The molecule has 18 heavy (non-hydrogen) atoms. The summed E-state index contributed by atoms with van der Waals surface area (Å²) in [7, 11) is 0. The molecule has 0 saturated carbocycles. The van der Waals surface area contributed by atoms with Gasteiger partial charge < -0.3 is 10.2 Å². The van der Waals surface area contributed by atoms with Crippen molar-refractivity contribution in [1.82, 2.24) is 5.48 Å². The first-order valence-electron chi connectivity index (χ1n) is 5.26. The van der Waals surface area contributed by atoms with E-state index in [1.807, 2.05) is 5.48 Å². The van der Waals surface area contributed by atoms with Crippen molar-refractivity contribution in [3.05, 3.63) is 54.1 Å². The number of hydrogen-bond donors (Lipinski definition) is 4. The second-order valence-corrected chi connectivity index (χ2v) is 3.64. The Balaban J connectivity index is 2.33. The molecule has 0 spiro atoms. The maximum atomic E-state index is 9.18. The molecule has 2 aromatic rings. The highest BCUT2D eigenvalue weighted by atomic mass is 16.5. The van der Waals surface area contributed by atoms with Gasteiger partial charge in [-0.05, 0) is 48.5 Å². The Bertz CT molecular complexity index is 547. The molecule has 0 aromatic heterocycles. The molecule has 5 nitrogen and oxygen atoms in total. The van der Waals surface area contributed by atoms with E-state index < -0.39 is 0 Å². The molecular weight excluding hydrogens is 232 g/mol. The van der Waals surface area contributed by atoms with Gasteiger partial charge in [0.05, 0.1) is 5.69 Å². The van der Waals surface area contributed by atoms with Crippen molar-refractivity contribution >= 4 is 11.5 Å². The molecule has 4 N–H and O–H groups in total. The van der Waals surface area contributed by atoms with E-state index in [0.717, 1.165) is 0 Å². The normalized spacial score (nSPS) is 11.3. The summed E-state index contributed by atoms with van der Waals surface area (Å²) in [6.45, 7) is 0. The van der Waals surface area contributed by atoms with E-state index in [1.165, 1.54) is 24.3 Å². The Kier molecular flexibility index (Phi) is 3.45. The Labute approximate surface area is 104 Å². The second kappa shape index (κ2) is 5.20. The molecule has 0 aliphatic heterocycles. The Morgan fingerprint density at radius 1 is 0.833 bits per heavy atom. The van der Waals surface area contributed by atoms with Gasteiger partial charge in [0.15, 0.2) is 5.84 Å². The van der Waals surface area contributed by atoms with Crippen LogP contribution in [0.4, 0.5) is 5.69 Å². The number of hydrogen-bond acceptors (Lipinski definition) is 4. The molecule has 0 heterocycles. The number of aliphatic imine (C=N–C) groups is 1. The first kappa shape index (κ1) is 11.9. The lowest BCUT2D eigenvalue weighted by Crippen LogP contribution is -2.19. The topological polar surface area (TPSA) is 85.1 Å². The van der Waals surface area contributed by atoms with Crippen LogP contribution in [0.15, 0.2) is 53.5 Å². The monoisotopic (exact) mass is 244 g/mol. The average Bonchev–Trinajstić information content (AvgIpc) is 2.39. The molecule has 2 aromatic carbocycles. The van der Waals surface area contributed by atoms with Crippen LogP contribution in [0.1, 0.15) is 5.56 Å². The number of benzene rings is 2. The van der Waals surface area contributed by atoms with Gasteiger partial charge in [0.2, 0.25) is 0 Å². The van der Waals surface area contributed by atoms with Gasteiger partial charge in [-0.25, -0.2) is 4.99 Å². The van der Waals surface area contributed by atoms with Crippen LogP contribution < -0.4 is 5.48 Å². The van der Waals surface area contributed by atoms with Crippen LogP contribution in [0.3, 0.4) is 0 Å². The van der Waals surface area contributed by atoms with Crippen molar-refractivity contribution in [2.45, 2.75) is 0 Å². The van der Waals surface area contributed by atoms with Crippen LogP contribution in [0.25, 0.3) is 0 Å². The van der Waals surface area contributed by atoms with Crippen molar-refractivity contribution in [1.29, 1.82) is 0 Å². The Hall–Kier alpha value is -2.53. The lowest BCUT2D eigenvalue weighted by molar-refractivity contribution is 0.235. The van der Waals surface area contributed by atoms with Gasteiger partial charge in [-0.1, -0.05) is 0 Å². The molecule has 2 rings (SSSR count). The fourth-order valence-electron chi connectivity index (χ4n) is 1.43.